The quantitative estimate of drug-likeness (QED) is 0.835. The lowest BCUT2D eigenvalue weighted by atomic mass is 10.1. The van der Waals surface area contributed by atoms with Crippen LogP contribution in [0.1, 0.15) is 15.9 Å². The molecule has 0 bridgehead atoms. The van der Waals surface area contributed by atoms with Gasteiger partial charge in [-0.3, -0.25) is 4.98 Å². The first-order valence-electron chi connectivity index (χ1n) is 6.11. The Bertz CT molecular complexity index is 602. The van der Waals surface area contributed by atoms with Gasteiger partial charge in [0.15, 0.2) is 0 Å². The molecule has 0 saturated carbocycles. The lowest BCUT2D eigenvalue weighted by molar-refractivity contribution is 0.0696. The highest BCUT2D eigenvalue weighted by Crippen LogP contribution is 2.09. The maximum absolute atomic E-state index is 10.9. The van der Waals surface area contributed by atoms with Crippen molar-refractivity contribution in [3.63, 3.8) is 0 Å². The van der Waals surface area contributed by atoms with Gasteiger partial charge in [0.2, 0.25) is 5.88 Å². The summed E-state index contributed by atoms with van der Waals surface area (Å²) in [6.45, 7) is 0.630. The molecule has 6 nitrogen and oxygen atoms in total. The van der Waals surface area contributed by atoms with E-state index in [2.05, 4.69) is 15.3 Å². The van der Waals surface area contributed by atoms with Crippen LogP contribution in [0.2, 0.25) is 0 Å². The number of methoxy groups -OCH3 is 1. The SMILES string of the molecule is COc1cncc(NCCc2cccc(C(=O)O)c2)n1. The number of ether oxygens (including phenoxy) is 1. The molecular weight excluding hydrogens is 258 g/mol. The molecule has 0 aliphatic carbocycles. The minimum absolute atomic E-state index is 0.295. The minimum atomic E-state index is -0.918. The number of aromatic nitrogens is 2. The topological polar surface area (TPSA) is 84.3 Å². The van der Waals surface area contributed by atoms with Gasteiger partial charge in [0.05, 0.1) is 25.1 Å². The first-order chi connectivity index (χ1) is 9.69. The molecule has 0 aliphatic heterocycles. The van der Waals surface area contributed by atoms with Crippen LogP contribution < -0.4 is 10.1 Å². The molecule has 0 fully saturated rings. The Morgan fingerprint density at radius 3 is 3.00 bits per heavy atom. The summed E-state index contributed by atoms with van der Waals surface area (Å²) in [6, 6.07) is 6.88. The Kier molecular flexibility index (Phi) is 4.49. The van der Waals surface area contributed by atoms with Crippen LogP contribution in [0, 0.1) is 0 Å². The van der Waals surface area contributed by atoms with Gasteiger partial charge in [-0.15, -0.1) is 0 Å². The molecule has 0 amide bonds. The number of hydrogen-bond donors (Lipinski definition) is 2. The monoisotopic (exact) mass is 273 g/mol. The fourth-order valence-corrected chi connectivity index (χ4v) is 1.73. The zero-order chi connectivity index (χ0) is 14.4. The van der Waals surface area contributed by atoms with E-state index in [9.17, 15) is 4.79 Å². The van der Waals surface area contributed by atoms with Crippen LogP contribution in [0.5, 0.6) is 5.88 Å². The first kappa shape index (κ1) is 13.8. The molecule has 0 spiro atoms. The second-order valence-electron chi connectivity index (χ2n) is 4.13. The molecule has 0 atom stereocenters. The highest BCUT2D eigenvalue weighted by Gasteiger charge is 2.03. The van der Waals surface area contributed by atoms with Crippen LogP contribution >= 0.6 is 0 Å². The third-order valence-electron chi connectivity index (χ3n) is 2.72. The molecule has 0 saturated heterocycles. The highest BCUT2D eigenvalue weighted by atomic mass is 16.5. The van der Waals surface area contributed by atoms with E-state index in [0.29, 0.717) is 30.2 Å². The third kappa shape index (κ3) is 3.68. The molecule has 1 heterocycles. The molecule has 6 heteroatoms. The van der Waals surface area contributed by atoms with Crippen LogP contribution in [0.15, 0.2) is 36.7 Å². The Hall–Kier alpha value is -2.63. The smallest absolute Gasteiger partial charge is 0.335 e. The molecule has 1 aromatic carbocycles. The van der Waals surface area contributed by atoms with Crippen LogP contribution in [0.3, 0.4) is 0 Å². The summed E-state index contributed by atoms with van der Waals surface area (Å²) >= 11 is 0. The minimum Gasteiger partial charge on any atom is -0.480 e. The van der Waals surface area contributed by atoms with Crippen molar-refractivity contribution in [2.45, 2.75) is 6.42 Å². The van der Waals surface area contributed by atoms with Gasteiger partial charge in [-0.25, -0.2) is 4.79 Å². The van der Waals surface area contributed by atoms with E-state index < -0.39 is 5.97 Å². The van der Waals surface area contributed by atoms with Gasteiger partial charge in [0, 0.05) is 6.54 Å². The number of nitrogens with zero attached hydrogens (tertiary/aromatic N) is 2. The van der Waals surface area contributed by atoms with Gasteiger partial charge in [-0.1, -0.05) is 12.1 Å². The summed E-state index contributed by atoms with van der Waals surface area (Å²) in [5.41, 5.74) is 1.25. The summed E-state index contributed by atoms with van der Waals surface area (Å²) in [5, 5.41) is 12.0. The number of anilines is 1. The fourth-order valence-electron chi connectivity index (χ4n) is 1.73. The normalized spacial score (nSPS) is 10.1. The maximum atomic E-state index is 10.9. The lowest BCUT2D eigenvalue weighted by Crippen LogP contribution is -2.07. The maximum Gasteiger partial charge on any atom is 0.335 e. The van der Waals surface area contributed by atoms with Gasteiger partial charge in [0.1, 0.15) is 5.82 Å². The van der Waals surface area contributed by atoms with Gasteiger partial charge >= 0.3 is 5.97 Å². The molecule has 20 heavy (non-hydrogen) atoms. The number of hydrogen-bond acceptors (Lipinski definition) is 5. The van der Waals surface area contributed by atoms with Crippen molar-refractivity contribution in [2.24, 2.45) is 0 Å². The van der Waals surface area contributed by atoms with Crippen molar-refractivity contribution in [3.05, 3.63) is 47.8 Å². The van der Waals surface area contributed by atoms with Crippen molar-refractivity contribution < 1.29 is 14.6 Å². The largest absolute Gasteiger partial charge is 0.480 e. The van der Waals surface area contributed by atoms with Gasteiger partial charge in [-0.2, -0.15) is 4.98 Å². The zero-order valence-corrected chi connectivity index (χ0v) is 11.0. The standard InChI is InChI=1S/C14H15N3O3/c1-20-13-9-15-8-12(17-13)16-6-5-10-3-2-4-11(7-10)14(18)19/h2-4,7-9H,5-6H2,1H3,(H,16,17)(H,18,19). The Morgan fingerprint density at radius 1 is 1.40 bits per heavy atom. The Labute approximate surface area is 116 Å². The van der Waals surface area contributed by atoms with Crippen molar-refractivity contribution >= 4 is 11.8 Å². The van der Waals surface area contributed by atoms with E-state index >= 15 is 0 Å². The summed E-state index contributed by atoms with van der Waals surface area (Å²) < 4.78 is 4.98. The number of rotatable bonds is 6. The van der Waals surface area contributed by atoms with Crippen LogP contribution in [-0.2, 0) is 6.42 Å². The number of benzene rings is 1. The molecule has 2 rings (SSSR count). The van der Waals surface area contributed by atoms with Crippen molar-refractivity contribution in [1.82, 2.24) is 9.97 Å². The van der Waals surface area contributed by atoms with E-state index in [-0.39, 0.29) is 0 Å². The Morgan fingerprint density at radius 2 is 2.25 bits per heavy atom. The Balaban J connectivity index is 1.92. The van der Waals surface area contributed by atoms with Crippen LogP contribution in [0.25, 0.3) is 0 Å². The predicted molar refractivity (Wildman–Crippen MR) is 74.2 cm³/mol. The second-order valence-corrected chi connectivity index (χ2v) is 4.13. The van der Waals surface area contributed by atoms with E-state index in [1.165, 1.54) is 13.3 Å². The average molecular weight is 273 g/mol. The van der Waals surface area contributed by atoms with E-state index in [1.54, 1.807) is 24.4 Å². The van der Waals surface area contributed by atoms with E-state index in [1.807, 2.05) is 6.07 Å². The third-order valence-corrected chi connectivity index (χ3v) is 2.72. The number of carbonyl (C=O) groups is 1. The molecule has 104 valence electrons. The molecule has 0 unspecified atom stereocenters. The first-order valence-corrected chi connectivity index (χ1v) is 6.11. The number of carboxylic acid groups (broad SMARTS) is 1. The van der Waals surface area contributed by atoms with Crippen LogP contribution in [-0.4, -0.2) is 34.7 Å². The predicted octanol–water partition coefficient (Wildman–Crippen LogP) is 1.84. The second kappa shape index (κ2) is 6.51. The van der Waals surface area contributed by atoms with Crippen molar-refractivity contribution in [3.8, 4) is 5.88 Å². The molecule has 0 aliphatic rings. The fraction of sp³-hybridized carbons (Fsp3) is 0.214. The van der Waals surface area contributed by atoms with Gasteiger partial charge in [0.25, 0.3) is 0 Å². The van der Waals surface area contributed by atoms with Crippen LogP contribution in [0.4, 0.5) is 5.82 Å². The molecular formula is C14H15N3O3. The number of aromatic carboxylic acids is 1. The van der Waals surface area contributed by atoms with Gasteiger partial charge < -0.3 is 15.2 Å². The molecule has 2 aromatic rings. The van der Waals surface area contributed by atoms with E-state index in [0.717, 1.165) is 5.56 Å². The number of carboxylic acids is 1. The van der Waals surface area contributed by atoms with E-state index in [4.69, 9.17) is 9.84 Å². The summed E-state index contributed by atoms with van der Waals surface area (Å²) in [4.78, 5) is 19.0. The lowest BCUT2D eigenvalue weighted by Gasteiger charge is -2.07. The van der Waals surface area contributed by atoms with Gasteiger partial charge in [-0.05, 0) is 24.1 Å². The molecule has 0 radical (unpaired) electrons. The van der Waals surface area contributed by atoms with Crippen molar-refractivity contribution in [2.75, 3.05) is 19.0 Å². The van der Waals surface area contributed by atoms with Crippen molar-refractivity contribution in [1.29, 1.82) is 0 Å². The zero-order valence-electron chi connectivity index (χ0n) is 11.0. The average Bonchev–Trinajstić information content (AvgIpc) is 2.48. The molecule has 1 aromatic heterocycles. The molecule has 2 N–H and O–H groups in total. The summed E-state index contributed by atoms with van der Waals surface area (Å²) in [6.07, 6.45) is 3.83. The summed E-state index contributed by atoms with van der Waals surface area (Å²) in [7, 11) is 1.53. The number of nitrogens with one attached hydrogen (secondary N) is 1. The summed E-state index contributed by atoms with van der Waals surface area (Å²) in [5.74, 6) is 0.153. The highest BCUT2D eigenvalue weighted by molar-refractivity contribution is 5.87.